The Kier molecular flexibility index (Phi) is 5.83. The lowest BCUT2D eigenvalue weighted by Gasteiger charge is -2.37. The van der Waals surface area contributed by atoms with Crippen LogP contribution in [0.5, 0.6) is 11.5 Å². The highest BCUT2D eigenvalue weighted by Crippen LogP contribution is 2.38. The Bertz CT molecular complexity index is 1020. The van der Waals surface area contributed by atoms with Gasteiger partial charge in [0, 0.05) is 30.8 Å². The Morgan fingerprint density at radius 3 is 2.65 bits per heavy atom. The number of carbonyl (C=O) groups is 4. The zero-order valence-corrected chi connectivity index (χ0v) is 19.3. The normalized spacial score (nSPS) is 26.7. The molecule has 1 saturated carbocycles. The molecule has 3 aliphatic heterocycles. The van der Waals surface area contributed by atoms with E-state index >= 15 is 0 Å². The smallest absolute Gasteiger partial charge is 0.325 e. The van der Waals surface area contributed by atoms with Gasteiger partial charge in [-0.15, -0.1) is 0 Å². The molecule has 1 aromatic carbocycles. The lowest BCUT2D eigenvalue weighted by Crippen LogP contribution is -2.54. The zero-order valence-electron chi connectivity index (χ0n) is 19.3. The summed E-state index contributed by atoms with van der Waals surface area (Å²) in [4.78, 5) is 54.0. The lowest BCUT2D eigenvalue weighted by molar-refractivity contribution is -0.141. The number of anilines is 1. The first-order valence-electron chi connectivity index (χ1n) is 12.0. The third-order valence-electron chi connectivity index (χ3n) is 7.65. The van der Waals surface area contributed by atoms with Gasteiger partial charge in [0.15, 0.2) is 11.5 Å². The number of hydrogen-bond donors (Lipinski definition) is 2. The summed E-state index contributed by atoms with van der Waals surface area (Å²) in [6.07, 6.45) is 4.47. The minimum absolute atomic E-state index is 0.0526. The number of likely N-dealkylation sites (tertiary alicyclic amines) is 1. The highest BCUT2D eigenvalue weighted by Gasteiger charge is 2.55. The number of ether oxygens (including phenoxy) is 2. The van der Waals surface area contributed by atoms with Gasteiger partial charge < -0.3 is 25.0 Å². The Morgan fingerprint density at radius 2 is 1.88 bits per heavy atom. The van der Waals surface area contributed by atoms with Gasteiger partial charge in [0.2, 0.25) is 18.6 Å². The van der Waals surface area contributed by atoms with Gasteiger partial charge in [0.25, 0.3) is 5.91 Å². The third kappa shape index (κ3) is 3.95. The van der Waals surface area contributed by atoms with E-state index in [2.05, 4.69) is 10.6 Å². The first kappa shape index (κ1) is 22.5. The molecule has 2 saturated heterocycles. The van der Waals surface area contributed by atoms with Crippen LogP contribution in [0.15, 0.2) is 18.2 Å². The highest BCUT2D eigenvalue weighted by atomic mass is 16.7. The number of nitrogens with zero attached hydrogens (tertiary/aromatic N) is 2. The van der Waals surface area contributed by atoms with E-state index in [1.54, 1.807) is 23.1 Å². The summed E-state index contributed by atoms with van der Waals surface area (Å²) in [7, 11) is 0. The molecule has 0 aromatic heterocycles. The van der Waals surface area contributed by atoms with Crippen LogP contribution in [-0.2, 0) is 14.4 Å². The molecule has 34 heavy (non-hydrogen) atoms. The monoisotopic (exact) mass is 470 g/mol. The molecule has 1 aliphatic carbocycles. The van der Waals surface area contributed by atoms with E-state index in [-0.39, 0.29) is 42.9 Å². The van der Waals surface area contributed by atoms with Gasteiger partial charge in [-0.2, -0.15) is 0 Å². The molecule has 1 spiro atoms. The fraction of sp³-hybridized carbons (Fsp3) is 0.583. The Hall–Kier alpha value is -3.30. The minimum atomic E-state index is -0.866. The van der Waals surface area contributed by atoms with Crippen molar-refractivity contribution < 1.29 is 28.7 Å². The van der Waals surface area contributed by atoms with Crippen LogP contribution in [0.1, 0.15) is 45.4 Å². The van der Waals surface area contributed by atoms with Crippen molar-refractivity contribution >= 4 is 29.4 Å². The van der Waals surface area contributed by atoms with Crippen molar-refractivity contribution in [3.05, 3.63) is 18.2 Å². The summed E-state index contributed by atoms with van der Waals surface area (Å²) in [5.74, 6) is 0.430. The predicted molar refractivity (Wildman–Crippen MR) is 121 cm³/mol. The fourth-order valence-corrected chi connectivity index (χ4v) is 5.48. The number of carbonyl (C=O) groups excluding carboxylic acids is 4. The first-order valence-corrected chi connectivity index (χ1v) is 12.0. The standard InChI is InChI=1S/C24H30N4O6/c1-15-4-2-3-9-24(15)22(31)28(23(32)26-24)13-20(29)27-10-7-16(8-11-27)21(30)25-17-5-6-18-19(12-17)34-14-33-18/h5-6,12,15-16H,2-4,7-11,13-14H2,1H3,(H,25,30)(H,26,32)/t15-,24-/m1/s1. The number of nitrogens with one attached hydrogen (secondary N) is 2. The molecule has 10 nitrogen and oxygen atoms in total. The number of piperidine rings is 1. The number of benzene rings is 1. The van der Waals surface area contributed by atoms with Gasteiger partial charge in [-0.3, -0.25) is 19.3 Å². The minimum Gasteiger partial charge on any atom is -0.454 e. The van der Waals surface area contributed by atoms with E-state index in [0.717, 1.165) is 24.2 Å². The molecule has 3 heterocycles. The van der Waals surface area contributed by atoms with Crippen molar-refractivity contribution in [1.82, 2.24) is 15.1 Å². The van der Waals surface area contributed by atoms with E-state index < -0.39 is 11.6 Å². The molecule has 0 bridgehead atoms. The number of rotatable bonds is 4. The summed E-state index contributed by atoms with van der Waals surface area (Å²) in [5.41, 5.74) is -0.229. The van der Waals surface area contributed by atoms with Gasteiger partial charge in [0.05, 0.1) is 0 Å². The molecule has 1 aromatic rings. The van der Waals surface area contributed by atoms with E-state index in [4.69, 9.17) is 9.47 Å². The highest BCUT2D eigenvalue weighted by molar-refractivity contribution is 6.09. The van der Waals surface area contributed by atoms with Crippen molar-refractivity contribution in [2.24, 2.45) is 11.8 Å². The third-order valence-corrected chi connectivity index (χ3v) is 7.65. The summed E-state index contributed by atoms with van der Waals surface area (Å²) < 4.78 is 10.6. The van der Waals surface area contributed by atoms with Crippen LogP contribution in [0, 0.1) is 11.8 Å². The maximum atomic E-state index is 13.1. The molecule has 182 valence electrons. The van der Waals surface area contributed by atoms with Crippen LogP contribution in [0.2, 0.25) is 0 Å². The zero-order chi connectivity index (χ0) is 23.9. The van der Waals surface area contributed by atoms with E-state index in [1.807, 2.05) is 6.92 Å². The summed E-state index contributed by atoms with van der Waals surface area (Å²) in [6.45, 7) is 2.71. The van der Waals surface area contributed by atoms with Crippen molar-refractivity contribution in [1.29, 1.82) is 0 Å². The maximum Gasteiger partial charge on any atom is 0.325 e. The second-order valence-corrected chi connectivity index (χ2v) is 9.65. The van der Waals surface area contributed by atoms with E-state index in [1.165, 1.54) is 0 Å². The van der Waals surface area contributed by atoms with Crippen LogP contribution in [0.3, 0.4) is 0 Å². The topological polar surface area (TPSA) is 117 Å². The Balaban J connectivity index is 1.14. The van der Waals surface area contributed by atoms with E-state index in [9.17, 15) is 19.2 Å². The second-order valence-electron chi connectivity index (χ2n) is 9.65. The average Bonchev–Trinajstić information content (AvgIpc) is 3.39. The molecule has 5 rings (SSSR count). The van der Waals surface area contributed by atoms with Crippen molar-refractivity contribution in [2.75, 3.05) is 31.7 Å². The number of urea groups is 1. The number of fused-ring (bicyclic) bond motifs is 1. The molecule has 4 aliphatic rings. The lowest BCUT2D eigenvalue weighted by atomic mass is 9.73. The van der Waals surface area contributed by atoms with Crippen molar-refractivity contribution in [2.45, 2.75) is 51.0 Å². The molecule has 2 atom stereocenters. The average molecular weight is 471 g/mol. The van der Waals surface area contributed by atoms with Gasteiger partial charge >= 0.3 is 6.03 Å². The molecule has 3 fully saturated rings. The Labute approximate surface area is 197 Å². The quantitative estimate of drug-likeness (QED) is 0.651. The predicted octanol–water partition coefficient (Wildman–Crippen LogP) is 2.09. The fourth-order valence-electron chi connectivity index (χ4n) is 5.48. The molecule has 0 unspecified atom stereocenters. The molecular weight excluding hydrogens is 440 g/mol. The van der Waals surface area contributed by atoms with Crippen LogP contribution >= 0.6 is 0 Å². The largest absolute Gasteiger partial charge is 0.454 e. The molecule has 10 heteroatoms. The molecule has 2 N–H and O–H groups in total. The summed E-state index contributed by atoms with van der Waals surface area (Å²) in [6, 6.07) is 4.77. The van der Waals surface area contributed by atoms with Crippen LogP contribution in [0.25, 0.3) is 0 Å². The molecular formula is C24H30N4O6. The molecule has 5 amide bonds. The second kappa shape index (κ2) is 8.81. The van der Waals surface area contributed by atoms with Crippen LogP contribution in [0.4, 0.5) is 10.5 Å². The number of hydrogen-bond acceptors (Lipinski definition) is 6. The first-order chi connectivity index (χ1) is 16.4. The summed E-state index contributed by atoms with van der Waals surface area (Å²) in [5, 5.41) is 5.79. The number of imide groups is 1. The van der Waals surface area contributed by atoms with E-state index in [0.29, 0.717) is 49.5 Å². The number of amides is 5. The SMILES string of the molecule is C[C@@H]1CCCC[C@@]12NC(=O)N(CC(=O)N1CCC(C(=O)Nc3ccc4c(c3)OCO4)CC1)C2=O. The van der Waals surface area contributed by atoms with Crippen molar-refractivity contribution in [3.63, 3.8) is 0 Å². The molecule has 0 radical (unpaired) electrons. The van der Waals surface area contributed by atoms with Gasteiger partial charge in [-0.1, -0.05) is 19.8 Å². The van der Waals surface area contributed by atoms with Gasteiger partial charge in [-0.05, 0) is 43.7 Å². The summed E-state index contributed by atoms with van der Waals surface area (Å²) >= 11 is 0. The van der Waals surface area contributed by atoms with Gasteiger partial charge in [0.1, 0.15) is 12.1 Å². The van der Waals surface area contributed by atoms with Gasteiger partial charge in [-0.25, -0.2) is 4.79 Å². The van der Waals surface area contributed by atoms with Crippen LogP contribution < -0.4 is 20.1 Å². The van der Waals surface area contributed by atoms with Crippen molar-refractivity contribution in [3.8, 4) is 11.5 Å². The Morgan fingerprint density at radius 1 is 1.12 bits per heavy atom. The maximum absolute atomic E-state index is 13.1. The van der Waals surface area contributed by atoms with Crippen LogP contribution in [-0.4, -0.2) is 65.5 Å².